The van der Waals surface area contributed by atoms with Gasteiger partial charge in [0.25, 0.3) is 0 Å². The van der Waals surface area contributed by atoms with Crippen molar-refractivity contribution in [2.45, 2.75) is 32.0 Å². The number of alkyl halides is 1. The topological polar surface area (TPSA) is 51.6 Å². The average Bonchev–Trinajstić information content (AvgIpc) is 2.80. The maximum atomic E-state index is 4.23. The van der Waals surface area contributed by atoms with Crippen LogP contribution in [0.5, 0.6) is 0 Å². The minimum atomic E-state index is 0.282. The molecule has 0 radical (unpaired) electrons. The lowest BCUT2D eigenvalue weighted by Crippen LogP contribution is -1.93. The Kier molecular flexibility index (Phi) is 3.83. The SMILES string of the molecule is CCC(Br)c1nnc(-c2cc(C)nnc2C)s1. The zero-order valence-corrected chi connectivity index (χ0v) is 12.3. The third kappa shape index (κ3) is 2.69. The van der Waals surface area contributed by atoms with E-state index in [1.165, 1.54) is 0 Å². The first-order valence-corrected chi connectivity index (χ1v) is 7.13. The zero-order chi connectivity index (χ0) is 12.4. The molecule has 0 bridgehead atoms. The average molecular weight is 313 g/mol. The molecule has 90 valence electrons. The summed E-state index contributed by atoms with van der Waals surface area (Å²) in [7, 11) is 0. The zero-order valence-electron chi connectivity index (χ0n) is 9.94. The minimum Gasteiger partial charge on any atom is -0.156 e. The second-order valence-corrected chi connectivity index (χ2v) is 5.92. The van der Waals surface area contributed by atoms with Crippen LogP contribution in [0.4, 0.5) is 0 Å². The Labute approximate surface area is 113 Å². The third-order valence-corrected chi connectivity index (χ3v) is 4.85. The van der Waals surface area contributed by atoms with Crippen molar-refractivity contribution in [2.24, 2.45) is 0 Å². The van der Waals surface area contributed by atoms with Gasteiger partial charge in [0.2, 0.25) is 0 Å². The van der Waals surface area contributed by atoms with Gasteiger partial charge in [0.05, 0.1) is 16.2 Å². The molecule has 0 N–H and O–H groups in total. The molecule has 4 nitrogen and oxygen atoms in total. The highest BCUT2D eigenvalue weighted by molar-refractivity contribution is 9.09. The summed E-state index contributed by atoms with van der Waals surface area (Å²) in [5, 5.41) is 18.5. The van der Waals surface area contributed by atoms with Gasteiger partial charge in [0.15, 0.2) is 0 Å². The lowest BCUT2D eigenvalue weighted by atomic mass is 10.2. The van der Waals surface area contributed by atoms with Crippen LogP contribution >= 0.6 is 27.3 Å². The van der Waals surface area contributed by atoms with Crippen LogP contribution in [0.25, 0.3) is 10.6 Å². The van der Waals surface area contributed by atoms with Crippen LogP contribution < -0.4 is 0 Å². The van der Waals surface area contributed by atoms with Crippen LogP contribution in [0.15, 0.2) is 6.07 Å². The van der Waals surface area contributed by atoms with E-state index in [2.05, 4.69) is 43.2 Å². The molecule has 0 fully saturated rings. The van der Waals surface area contributed by atoms with Gasteiger partial charge in [-0.15, -0.1) is 10.2 Å². The molecular formula is C11H13BrN4S. The van der Waals surface area contributed by atoms with Gasteiger partial charge in [-0.25, -0.2) is 0 Å². The fraction of sp³-hybridized carbons (Fsp3) is 0.455. The van der Waals surface area contributed by atoms with Crippen molar-refractivity contribution in [3.8, 4) is 10.6 Å². The molecule has 0 amide bonds. The molecule has 0 aliphatic rings. The van der Waals surface area contributed by atoms with E-state index in [4.69, 9.17) is 0 Å². The molecule has 0 saturated carbocycles. The summed E-state index contributed by atoms with van der Waals surface area (Å²) in [6.45, 7) is 5.98. The molecule has 1 unspecified atom stereocenters. The summed E-state index contributed by atoms with van der Waals surface area (Å²) in [5.41, 5.74) is 2.81. The van der Waals surface area contributed by atoms with Crippen LogP contribution in [-0.2, 0) is 0 Å². The molecule has 2 aromatic heterocycles. The molecule has 0 aromatic carbocycles. The Morgan fingerprint density at radius 2 is 2.00 bits per heavy atom. The molecule has 2 aromatic rings. The molecule has 0 aliphatic heterocycles. The third-order valence-electron chi connectivity index (χ3n) is 2.40. The lowest BCUT2D eigenvalue weighted by Gasteiger charge is -2.01. The quantitative estimate of drug-likeness (QED) is 0.814. The molecule has 2 rings (SSSR count). The second-order valence-electron chi connectivity index (χ2n) is 3.81. The first kappa shape index (κ1) is 12.6. The summed E-state index contributed by atoms with van der Waals surface area (Å²) in [6, 6.07) is 2.00. The summed E-state index contributed by atoms with van der Waals surface area (Å²) in [4.78, 5) is 0.282. The number of aryl methyl sites for hydroxylation is 2. The van der Waals surface area contributed by atoms with Crippen LogP contribution in [0.2, 0.25) is 0 Å². The molecular weight excluding hydrogens is 300 g/mol. The maximum absolute atomic E-state index is 4.23. The molecule has 6 heteroatoms. The van der Waals surface area contributed by atoms with Crippen molar-refractivity contribution in [1.82, 2.24) is 20.4 Å². The van der Waals surface area contributed by atoms with Crippen molar-refractivity contribution < 1.29 is 0 Å². The number of hydrogen-bond acceptors (Lipinski definition) is 5. The summed E-state index contributed by atoms with van der Waals surface area (Å²) < 4.78 is 0. The predicted octanol–water partition coefficient (Wildman–Crippen LogP) is 3.46. The van der Waals surface area contributed by atoms with Gasteiger partial charge in [-0.1, -0.05) is 34.2 Å². The molecule has 1 atom stereocenters. The fourth-order valence-corrected chi connectivity index (χ4v) is 2.76. The van der Waals surface area contributed by atoms with E-state index in [1.807, 2.05) is 19.9 Å². The van der Waals surface area contributed by atoms with Crippen molar-refractivity contribution in [3.05, 3.63) is 22.5 Å². The Hall–Kier alpha value is -0.880. The first-order chi connectivity index (χ1) is 8.11. The number of rotatable bonds is 3. The molecule has 17 heavy (non-hydrogen) atoms. The number of hydrogen-bond donors (Lipinski definition) is 0. The largest absolute Gasteiger partial charge is 0.156 e. The van der Waals surface area contributed by atoms with Gasteiger partial charge in [0, 0.05) is 5.56 Å². The second kappa shape index (κ2) is 5.18. The van der Waals surface area contributed by atoms with Crippen LogP contribution in [0.3, 0.4) is 0 Å². The van der Waals surface area contributed by atoms with E-state index in [0.717, 1.165) is 33.4 Å². The van der Waals surface area contributed by atoms with Gasteiger partial charge >= 0.3 is 0 Å². The Morgan fingerprint density at radius 3 is 2.71 bits per heavy atom. The lowest BCUT2D eigenvalue weighted by molar-refractivity contribution is 0.869. The van der Waals surface area contributed by atoms with Crippen molar-refractivity contribution in [3.63, 3.8) is 0 Å². The normalized spacial score (nSPS) is 12.7. The first-order valence-electron chi connectivity index (χ1n) is 5.40. The van der Waals surface area contributed by atoms with E-state index in [-0.39, 0.29) is 4.83 Å². The molecule has 0 saturated heterocycles. The number of nitrogens with zero attached hydrogens (tertiary/aromatic N) is 4. The van der Waals surface area contributed by atoms with Gasteiger partial charge in [0.1, 0.15) is 10.0 Å². The van der Waals surface area contributed by atoms with E-state index in [0.29, 0.717) is 0 Å². The van der Waals surface area contributed by atoms with E-state index in [1.54, 1.807) is 11.3 Å². The van der Waals surface area contributed by atoms with E-state index < -0.39 is 0 Å². The molecule has 0 aliphatic carbocycles. The highest BCUT2D eigenvalue weighted by Crippen LogP contribution is 2.33. The minimum absolute atomic E-state index is 0.282. The Balaban J connectivity index is 2.40. The maximum Gasteiger partial charge on any atom is 0.149 e. The van der Waals surface area contributed by atoms with Gasteiger partial charge < -0.3 is 0 Å². The van der Waals surface area contributed by atoms with Gasteiger partial charge in [-0.2, -0.15) is 10.2 Å². The predicted molar refractivity (Wildman–Crippen MR) is 72.4 cm³/mol. The molecule has 0 spiro atoms. The monoisotopic (exact) mass is 312 g/mol. The van der Waals surface area contributed by atoms with Crippen LogP contribution in [0.1, 0.15) is 34.6 Å². The van der Waals surface area contributed by atoms with Gasteiger partial charge in [-0.3, -0.25) is 0 Å². The van der Waals surface area contributed by atoms with Crippen LogP contribution in [-0.4, -0.2) is 20.4 Å². The van der Waals surface area contributed by atoms with Crippen molar-refractivity contribution >= 4 is 27.3 Å². The van der Waals surface area contributed by atoms with E-state index in [9.17, 15) is 0 Å². The van der Waals surface area contributed by atoms with Gasteiger partial charge in [-0.05, 0) is 26.3 Å². The highest BCUT2D eigenvalue weighted by Gasteiger charge is 2.14. The number of aromatic nitrogens is 4. The van der Waals surface area contributed by atoms with Crippen molar-refractivity contribution in [1.29, 1.82) is 0 Å². The Bertz CT molecular complexity index is 526. The summed E-state index contributed by atoms with van der Waals surface area (Å²) in [6.07, 6.45) is 1.00. The number of halogens is 1. The smallest absolute Gasteiger partial charge is 0.149 e. The van der Waals surface area contributed by atoms with E-state index >= 15 is 0 Å². The van der Waals surface area contributed by atoms with Crippen LogP contribution in [0, 0.1) is 13.8 Å². The highest BCUT2D eigenvalue weighted by atomic mass is 79.9. The summed E-state index contributed by atoms with van der Waals surface area (Å²) in [5.74, 6) is 0. The Morgan fingerprint density at radius 1 is 1.24 bits per heavy atom. The molecule has 2 heterocycles. The van der Waals surface area contributed by atoms with Crippen molar-refractivity contribution in [2.75, 3.05) is 0 Å². The standard InChI is InChI=1S/C11H13BrN4S/c1-4-9(12)11-16-15-10(17-11)8-5-6(2)13-14-7(8)3/h5,9H,4H2,1-3H3. The summed E-state index contributed by atoms with van der Waals surface area (Å²) >= 11 is 5.19. The fourth-order valence-electron chi connectivity index (χ4n) is 1.41.